The average Bonchev–Trinajstić information content (AvgIpc) is 2.19. The number of carbonyl (C=O) groups excluding carboxylic acids is 1. The zero-order valence-electron chi connectivity index (χ0n) is 12.6. The van der Waals surface area contributed by atoms with Crippen molar-refractivity contribution in [2.75, 3.05) is 40.0 Å². The van der Waals surface area contributed by atoms with E-state index in [1.165, 1.54) is 10.6 Å². The zero-order chi connectivity index (χ0) is 15.1. The molecule has 0 unspecified atom stereocenters. The summed E-state index contributed by atoms with van der Waals surface area (Å²) in [6, 6.07) is 0.0768. The highest BCUT2D eigenvalue weighted by Gasteiger charge is 2.17. The van der Waals surface area contributed by atoms with Gasteiger partial charge in [-0.25, -0.2) is 12.7 Å². The van der Waals surface area contributed by atoms with Gasteiger partial charge in [0.25, 0.3) is 0 Å². The van der Waals surface area contributed by atoms with Gasteiger partial charge in [-0.2, -0.15) is 0 Å². The number of rotatable bonds is 9. The summed E-state index contributed by atoms with van der Waals surface area (Å²) in [5.74, 6) is -0.115. The van der Waals surface area contributed by atoms with E-state index in [0.717, 1.165) is 13.0 Å². The molecule has 0 fully saturated rings. The lowest BCUT2D eigenvalue weighted by Gasteiger charge is -2.21. The predicted molar refractivity (Wildman–Crippen MR) is 77.5 cm³/mol. The van der Waals surface area contributed by atoms with Crippen LogP contribution in [0, 0.1) is 0 Å². The van der Waals surface area contributed by atoms with Crippen LogP contribution in [0.4, 0.5) is 0 Å². The van der Waals surface area contributed by atoms with Crippen LogP contribution in [0.1, 0.15) is 26.7 Å². The molecule has 0 atom stereocenters. The summed E-state index contributed by atoms with van der Waals surface area (Å²) < 4.78 is 24.6. The van der Waals surface area contributed by atoms with Crippen molar-refractivity contribution in [2.24, 2.45) is 0 Å². The van der Waals surface area contributed by atoms with Crippen molar-refractivity contribution in [3.05, 3.63) is 0 Å². The lowest BCUT2D eigenvalue weighted by atomic mass is 10.3. The topological polar surface area (TPSA) is 69.7 Å². The van der Waals surface area contributed by atoms with Gasteiger partial charge < -0.3 is 10.2 Å². The van der Waals surface area contributed by atoms with Crippen molar-refractivity contribution in [3.8, 4) is 0 Å². The van der Waals surface area contributed by atoms with Gasteiger partial charge in [0.1, 0.15) is 0 Å². The third-order valence-electron chi connectivity index (χ3n) is 2.52. The molecule has 0 saturated heterocycles. The first-order valence-corrected chi connectivity index (χ1v) is 8.37. The molecule has 0 aliphatic heterocycles. The third kappa shape index (κ3) is 9.86. The van der Waals surface area contributed by atoms with Gasteiger partial charge in [0.2, 0.25) is 15.9 Å². The van der Waals surface area contributed by atoms with Gasteiger partial charge in [-0.15, -0.1) is 0 Å². The van der Waals surface area contributed by atoms with E-state index < -0.39 is 10.0 Å². The Bertz CT molecular complexity index is 366. The molecule has 0 spiro atoms. The molecule has 6 nitrogen and oxygen atoms in total. The molecule has 0 aliphatic carbocycles. The Balaban J connectivity index is 4.26. The molecule has 1 amide bonds. The second-order valence-electron chi connectivity index (χ2n) is 5.29. The first-order chi connectivity index (χ1) is 8.62. The number of carbonyl (C=O) groups is 1. The van der Waals surface area contributed by atoms with Crippen molar-refractivity contribution >= 4 is 15.9 Å². The smallest absolute Gasteiger partial charge is 0.221 e. The fourth-order valence-corrected chi connectivity index (χ4v) is 2.51. The Morgan fingerprint density at radius 3 is 2.16 bits per heavy atom. The number of hydrogen-bond donors (Lipinski definition) is 1. The van der Waals surface area contributed by atoms with E-state index in [2.05, 4.69) is 5.32 Å². The first kappa shape index (κ1) is 18.3. The van der Waals surface area contributed by atoms with Crippen LogP contribution in [0.2, 0.25) is 0 Å². The molecule has 0 bridgehead atoms. The highest BCUT2D eigenvalue weighted by Crippen LogP contribution is 2.02. The van der Waals surface area contributed by atoms with E-state index in [4.69, 9.17) is 0 Å². The highest BCUT2D eigenvalue weighted by atomic mass is 32.2. The molecule has 0 aromatic heterocycles. The summed E-state index contributed by atoms with van der Waals surface area (Å²) >= 11 is 0. The van der Waals surface area contributed by atoms with Crippen molar-refractivity contribution < 1.29 is 13.2 Å². The molecule has 7 heteroatoms. The Morgan fingerprint density at radius 1 is 1.16 bits per heavy atom. The molecule has 0 aromatic rings. The molecule has 1 N–H and O–H groups in total. The van der Waals surface area contributed by atoms with E-state index in [0.29, 0.717) is 6.54 Å². The average molecular weight is 293 g/mol. The van der Waals surface area contributed by atoms with Gasteiger partial charge in [0.15, 0.2) is 0 Å². The standard InChI is InChI=1S/C12H27N3O3S/c1-11(2)13-12(16)7-10-15(19(5,17)18)9-6-8-14(3)4/h11H,6-10H2,1-5H3,(H,13,16). The Hall–Kier alpha value is -0.660. The van der Waals surface area contributed by atoms with Gasteiger partial charge in [-0.3, -0.25) is 4.79 Å². The largest absolute Gasteiger partial charge is 0.354 e. The Kier molecular flexibility index (Phi) is 8.20. The van der Waals surface area contributed by atoms with Crippen LogP contribution in [0.25, 0.3) is 0 Å². The molecular formula is C12H27N3O3S. The summed E-state index contributed by atoms with van der Waals surface area (Å²) in [7, 11) is 0.638. The monoisotopic (exact) mass is 293 g/mol. The van der Waals surface area contributed by atoms with Gasteiger partial charge in [-0.1, -0.05) is 0 Å². The second-order valence-corrected chi connectivity index (χ2v) is 7.27. The van der Waals surface area contributed by atoms with Crippen LogP contribution in [-0.2, 0) is 14.8 Å². The summed E-state index contributed by atoms with van der Waals surface area (Å²) in [5, 5.41) is 2.76. The van der Waals surface area contributed by atoms with Crippen LogP contribution < -0.4 is 5.32 Å². The third-order valence-corrected chi connectivity index (χ3v) is 3.82. The molecule has 0 aliphatic rings. The number of hydrogen-bond acceptors (Lipinski definition) is 4. The van der Waals surface area contributed by atoms with Crippen LogP contribution in [0.15, 0.2) is 0 Å². The summed E-state index contributed by atoms with van der Waals surface area (Å²) in [6.07, 6.45) is 2.14. The van der Waals surface area contributed by atoms with Gasteiger partial charge in [0, 0.05) is 25.6 Å². The number of nitrogens with one attached hydrogen (secondary N) is 1. The zero-order valence-corrected chi connectivity index (χ0v) is 13.5. The molecule has 0 aromatic carbocycles. The number of nitrogens with zero attached hydrogens (tertiary/aromatic N) is 2. The normalized spacial score (nSPS) is 12.4. The fourth-order valence-electron chi connectivity index (χ4n) is 1.63. The lowest BCUT2D eigenvalue weighted by molar-refractivity contribution is -0.121. The maximum absolute atomic E-state index is 11.6. The van der Waals surface area contributed by atoms with E-state index in [9.17, 15) is 13.2 Å². The lowest BCUT2D eigenvalue weighted by Crippen LogP contribution is -2.37. The van der Waals surface area contributed by atoms with E-state index in [1.54, 1.807) is 0 Å². The maximum atomic E-state index is 11.6. The second kappa shape index (κ2) is 8.50. The molecule has 0 radical (unpaired) electrons. The number of sulfonamides is 1. The van der Waals surface area contributed by atoms with Crippen LogP contribution >= 0.6 is 0 Å². The minimum atomic E-state index is -3.25. The quantitative estimate of drug-likeness (QED) is 0.655. The van der Waals surface area contributed by atoms with Gasteiger partial charge >= 0.3 is 0 Å². The molecule has 19 heavy (non-hydrogen) atoms. The first-order valence-electron chi connectivity index (χ1n) is 6.52. The highest BCUT2D eigenvalue weighted by molar-refractivity contribution is 7.88. The molecule has 114 valence electrons. The fraction of sp³-hybridized carbons (Fsp3) is 0.917. The number of amides is 1. The van der Waals surface area contributed by atoms with Crippen molar-refractivity contribution in [1.29, 1.82) is 0 Å². The van der Waals surface area contributed by atoms with Crippen LogP contribution in [0.5, 0.6) is 0 Å². The van der Waals surface area contributed by atoms with Crippen molar-refractivity contribution in [1.82, 2.24) is 14.5 Å². The van der Waals surface area contributed by atoms with E-state index >= 15 is 0 Å². The molecule has 0 heterocycles. The van der Waals surface area contributed by atoms with Crippen molar-refractivity contribution in [3.63, 3.8) is 0 Å². The van der Waals surface area contributed by atoms with E-state index in [1.807, 2.05) is 32.8 Å². The summed E-state index contributed by atoms with van der Waals surface area (Å²) in [6.45, 7) is 5.27. The summed E-state index contributed by atoms with van der Waals surface area (Å²) in [5.41, 5.74) is 0. The minimum Gasteiger partial charge on any atom is -0.354 e. The van der Waals surface area contributed by atoms with E-state index in [-0.39, 0.29) is 24.9 Å². The van der Waals surface area contributed by atoms with Gasteiger partial charge in [0.05, 0.1) is 6.26 Å². The minimum absolute atomic E-state index is 0.0768. The predicted octanol–water partition coefficient (Wildman–Crippen LogP) is 0.114. The van der Waals surface area contributed by atoms with Crippen LogP contribution in [-0.4, -0.2) is 69.6 Å². The maximum Gasteiger partial charge on any atom is 0.221 e. The Morgan fingerprint density at radius 2 is 1.74 bits per heavy atom. The molecule has 0 rings (SSSR count). The molecule has 0 saturated carbocycles. The van der Waals surface area contributed by atoms with Crippen molar-refractivity contribution in [2.45, 2.75) is 32.7 Å². The SMILES string of the molecule is CC(C)NC(=O)CCN(CCCN(C)C)S(C)(=O)=O. The molecular weight excluding hydrogens is 266 g/mol. The Labute approximate surface area is 117 Å². The van der Waals surface area contributed by atoms with Gasteiger partial charge in [-0.05, 0) is 40.9 Å². The summed E-state index contributed by atoms with van der Waals surface area (Å²) in [4.78, 5) is 13.5. The van der Waals surface area contributed by atoms with Crippen LogP contribution in [0.3, 0.4) is 0 Å².